The molecule has 4 rings (SSSR count). The van der Waals surface area contributed by atoms with Crippen molar-refractivity contribution in [2.75, 3.05) is 19.0 Å². The zero-order valence-corrected chi connectivity index (χ0v) is 17.6. The van der Waals surface area contributed by atoms with Gasteiger partial charge in [0.25, 0.3) is 5.56 Å². The van der Waals surface area contributed by atoms with E-state index >= 15 is 0 Å². The molecular weight excluding hydrogens is 384 g/mol. The molecule has 0 bridgehead atoms. The van der Waals surface area contributed by atoms with Crippen molar-refractivity contribution < 1.29 is 0 Å². The highest BCUT2D eigenvalue weighted by Crippen LogP contribution is 2.28. The largest absolute Gasteiger partial charge is 0.354 e. The molecule has 0 unspecified atom stereocenters. The molecule has 29 heavy (non-hydrogen) atoms. The molecule has 152 valence electrons. The first-order valence-corrected chi connectivity index (χ1v) is 10.8. The van der Waals surface area contributed by atoms with Crippen LogP contribution in [0, 0.1) is 0 Å². The molecule has 1 aliphatic rings. The van der Waals surface area contributed by atoms with E-state index in [1.807, 2.05) is 37.3 Å². The van der Waals surface area contributed by atoms with Gasteiger partial charge in [0.05, 0.1) is 11.7 Å². The Hall–Kier alpha value is -2.58. The molecule has 0 amide bonds. The highest BCUT2D eigenvalue weighted by molar-refractivity contribution is 7.15. The standard InChI is InChI=1S/C21H26N6OS/c1-26(2)21-24-14-18(29-21)13-23-16-5-7-17(8-6-16)27-20(28)10-9-19(25-27)15-4-3-11-22-12-15/h3-4,9-12,14,16-17,23H,5-8,13H2,1-2H3. The highest BCUT2D eigenvalue weighted by atomic mass is 32.1. The first-order chi connectivity index (χ1) is 14.1. The van der Waals surface area contributed by atoms with Gasteiger partial charge in [-0.05, 0) is 43.9 Å². The zero-order chi connectivity index (χ0) is 20.2. The summed E-state index contributed by atoms with van der Waals surface area (Å²) in [6.45, 7) is 0.843. The van der Waals surface area contributed by atoms with Crippen LogP contribution in [0.2, 0.25) is 0 Å². The molecule has 0 aliphatic heterocycles. The average Bonchev–Trinajstić information content (AvgIpc) is 3.23. The van der Waals surface area contributed by atoms with E-state index in [4.69, 9.17) is 0 Å². The summed E-state index contributed by atoms with van der Waals surface area (Å²) in [5.41, 5.74) is 1.69. The first kappa shape index (κ1) is 19.7. The number of hydrogen-bond acceptors (Lipinski definition) is 7. The van der Waals surface area contributed by atoms with Crippen molar-refractivity contribution in [2.24, 2.45) is 0 Å². The van der Waals surface area contributed by atoms with Crippen LogP contribution in [0.1, 0.15) is 36.6 Å². The maximum Gasteiger partial charge on any atom is 0.267 e. The summed E-state index contributed by atoms with van der Waals surface area (Å²) in [5, 5.41) is 9.32. The molecule has 1 N–H and O–H groups in total. The minimum Gasteiger partial charge on any atom is -0.354 e. The molecule has 1 fully saturated rings. The molecule has 3 aromatic rings. The Bertz CT molecular complexity index is 992. The van der Waals surface area contributed by atoms with Crippen molar-refractivity contribution in [3.05, 3.63) is 58.1 Å². The van der Waals surface area contributed by atoms with Crippen LogP contribution in [-0.4, -0.2) is 39.9 Å². The molecular formula is C21H26N6OS. The van der Waals surface area contributed by atoms with Gasteiger partial charge in [-0.2, -0.15) is 5.10 Å². The van der Waals surface area contributed by atoms with E-state index in [2.05, 4.69) is 20.4 Å². The lowest BCUT2D eigenvalue weighted by molar-refractivity contribution is 0.269. The summed E-state index contributed by atoms with van der Waals surface area (Å²) < 4.78 is 1.67. The second kappa shape index (κ2) is 8.84. The topological polar surface area (TPSA) is 75.9 Å². The number of rotatable bonds is 6. The van der Waals surface area contributed by atoms with Crippen molar-refractivity contribution in [1.29, 1.82) is 0 Å². The Balaban J connectivity index is 1.36. The predicted molar refractivity (Wildman–Crippen MR) is 116 cm³/mol. The van der Waals surface area contributed by atoms with Gasteiger partial charge < -0.3 is 10.2 Å². The maximum absolute atomic E-state index is 12.4. The fraction of sp³-hybridized carbons (Fsp3) is 0.429. The van der Waals surface area contributed by atoms with E-state index in [0.717, 1.165) is 48.6 Å². The van der Waals surface area contributed by atoms with Crippen molar-refractivity contribution in [1.82, 2.24) is 25.1 Å². The van der Waals surface area contributed by atoms with Gasteiger partial charge in [-0.3, -0.25) is 9.78 Å². The molecule has 0 radical (unpaired) electrons. The Morgan fingerprint density at radius 3 is 2.69 bits per heavy atom. The Labute approximate surface area is 174 Å². The predicted octanol–water partition coefficient (Wildman–Crippen LogP) is 3.10. The van der Waals surface area contributed by atoms with Crippen LogP contribution in [0.4, 0.5) is 5.13 Å². The van der Waals surface area contributed by atoms with Gasteiger partial charge in [0.15, 0.2) is 5.13 Å². The van der Waals surface area contributed by atoms with Gasteiger partial charge in [-0.1, -0.05) is 0 Å². The third-order valence-corrected chi connectivity index (χ3v) is 6.48. The van der Waals surface area contributed by atoms with Crippen LogP contribution in [-0.2, 0) is 6.54 Å². The van der Waals surface area contributed by atoms with E-state index in [1.54, 1.807) is 40.5 Å². The number of aromatic nitrogens is 4. The SMILES string of the molecule is CN(C)c1ncc(CNC2CCC(n3nc(-c4cccnc4)ccc3=O)CC2)s1. The summed E-state index contributed by atoms with van der Waals surface area (Å²) in [4.78, 5) is 24.3. The number of hydrogen-bond donors (Lipinski definition) is 1. The second-order valence-electron chi connectivity index (χ2n) is 7.63. The molecule has 0 saturated heterocycles. The maximum atomic E-state index is 12.4. The summed E-state index contributed by atoms with van der Waals surface area (Å²) in [7, 11) is 4.02. The Morgan fingerprint density at radius 2 is 2.00 bits per heavy atom. The molecule has 3 aromatic heterocycles. The third kappa shape index (κ3) is 4.71. The van der Waals surface area contributed by atoms with Crippen LogP contribution < -0.4 is 15.8 Å². The van der Waals surface area contributed by atoms with E-state index < -0.39 is 0 Å². The third-order valence-electron chi connectivity index (χ3n) is 5.31. The summed E-state index contributed by atoms with van der Waals surface area (Å²) in [5.74, 6) is 0. The van der Waals surface area contributed by atoms with Gasteiger partial charge in [0.1, 0.15) is 0 Å². The number of nitrogens with one attached hydrogen (secondary N) is 1. The normalized spacial score (nSPS) is 19.2. The molecule has 1 saturated carbocycles. The van der Waals surface area contributed by atoms with Gasteiger partial charge in [-0.25, -0.2) is 9.67 Å². The van der Waals surface area contributed by atoms with Crippen LogP contribution in [0.3, 0.4) is 0 Å². The van der Waals surface area contributed by atoms with Crippen molar-refractivity contribution >= 4 is 16.5 Å². The van der Waals surface area contributed by atoms with Gasteiger partial charge in [0.2, 0.25) is 0 Å². The van der Waals surface area contributed by atoms with Crippen molar-refractivity contribution in [3.8, 4) is 11.3 Å². The molecule has 0 spiro atoms. The molecule has 3 heterocycles. The van der Waals surface area contributed by atoms with E-state index in [1.165, 1.54) is 4.88 Å². The molecule has 0 aromatic carbocycles. The lowest BCUT2D eigenvalue weighted by atomic mass is 9.91. The average molecular weight is 411 g/mol. The lowest BCUT2D eigenvalue weighted by Crippen LogP contribution is -2.36. The fourth-order valence-corrected chi connectivity index (χ4v) is 4.49. The minimum atomic E-state index is -0.0325. The zero-order valence-electron chi connectivity index (χ0n) is 16.8. The van der Waals surface area contributed by atoms with Crippen molar-refractivity contribution in [2.45, 2.75) is 44.3 Å². The van der Waals surface area contributed by atoms with Crippen LogP contribution in [0.25, 0.3) is 11.3 Å². The molecule has 8 heteroatoms. The molecule has 1 aliphatic carbocycles. The quantitative estimate of drug-likeness (QED) is 0.673. The van der Waals surface area contributed by atoms with Crippen molar-refractivity contribution in [3.63, 3.8) is 0 Å². The Kier molecular flexibility index (Phi) is 6.01. The second-order valence-corrected chi connectivity index (χ2v) is 8.73. The smallest absolute Gasteiger partial charge is 0.267 e. The highest BCUT2D eigenvalue weighted by Gasteiger charge is 2.24. The summed E-state index contributed by atoms with van der Waals surface area (Å²) in [6, 6.07) is 7.86. The van der Waals surface area contributed by atoms with Crippen LogP contribution in [0.15, 0.2) is 47.7 Å². The summed E-state index contributed by atoms with van der Waals surface area (Å²) in [6.07, 6.45) is 9.44. The van der Waals surface area contributed by atoms with E-state index in [9.17, 15) is 4.79 Å². The first-order valence-electron chi connectivity index (χ1n) is 9.96. The van der Waals surface area contributed by atoms with Gasteiger partial charge >= 0.3 is 0 Å². The van der Waals surface area contributed by atoms with Gasteiger partial charge in [-0.15, -0.1) is 11.3 Å². The Morgan fingerprint density at radius 1 is 1.17 bits per heavy atom. The van der Waals surface area contributed by atoms with Crippen LogP contribution in [0.5, 0.6) is 0 Å². The fourth-order valence-electron chi connectivity index (χ4n) is 3.71. The van der Waals surface area contributed by atoms with Gasteiger partial charge in [0, 0.05) is 61.8 Å². The van der Waals surface area contributed by atoms with Crippen LogP contribution >= 0.6 is 11.3 Å². The molecule has 0 atom stereocenters. The number of nitrogens with zero attached hydrogens (tertiary/aromatic N) is 5. The molecule has 7 nitrogen and oxygen atoms in total. The van der Waals surface area contributed by atoms with E-state index in [0.29, 0.717) is 6.04 Å². The number of anilines is 1. The monoisotopic (exact) mass is 410 g/mol. The summed E-state index contributed by atoms with van der Waals surface area (Å²) >= 11 is 1.72. The minimum absolute atomic E-state index is 0.0325. The van der Waals surface area contributed by atoms with E-state index in [-0.39, 0.29) is 11.6 Å². The lowest BCUT2D eigenvalue weighted by Gasteiger charge is -2.29. The number of thiazole rings is 1. The number of pyridine rings is 1.